The highest BCUT2D eigenvalue weighted by Crippen LogP contribution is 2.72. The molecule has 46 heavy (non-hydrogen) atoms. The molecule has 9 nitrogen and oxygen atoms in total. The number of benzene rings is 1. The first kappa shape index (κ1) is 31.4. The highest BCUT2D eigenvalue weighted by molar-refractivity contribution is 6.01. The largest absolute Gasteiger partial charge is 0.398 e. The average Bonchev–Trinajstić information content (AvgIpc) is 3.65. The monoisotopic (exact) mass is 638 g/mol. The molecular weight excluding hydrogens is 598 g/mol. The molecule has 11 heteroatoms. The van der Waals surface area contributed by atoms with Gasteiger partial charge in [0.25, 0.3) is 0 Å². The van der Waals surface area contributed by atoms with Crippen LogP contribution < -0.4 is 5.73 Å². The Morgan fingerprint density at radius 1 is 1.17 bits per heavy atom. The molecule has 1 aromatic heterocycles. The van der Waals surface area contributed by atoms with Gasteiger partial charge in [0.1, 0.15) is 12.8 Å². The molecule has 4 fully saturated rings. The van der Waals surface area contributed by atoms with Gasteiger partial charge in [-0.15, -0.1) is 0 Å². The number of allylic oxidation sites excluding steroid dienone is 4. The molecule has 1 aromatic carbocycles. The minimum atomic E-state index is -2.31. The van der Waals surface area contributed by atoms with Crippen molar-refractivity contribution in [3.63, 3.8) is 0 Å². The van der Waals surface area contributed by atoms with Crippen molar-refractivity contribution >= 4 is 17.3 Å². The number of aromatic nitrogens is 1. The highest BCUT2D eigenvalue weighted by atomic mass is 19.1. The number of nitrogen functional groups attached to an aromatic ring is 1. The number of alkyl halides is 2. The molecule has 246 valence electrons. The lowest BCUT2D eigenvalue weighted by Gasteiger charge is -2.63. The predicted molar refractivity (Wildman–Crippen MR) is 163 cm³/mol. The summed E-state index contributed by atoms with van der Waals surface area (Å²) in [4.78, 5) is 25.9. The summed E-state index contributed by atoms with van der Waals surface area (Å²) in [5.74, 6) is -2.68. The molecule has 0 spiro atoms. The first-order chi connectivity index (χ1) is 21.7. The molecule has 10 atom stereocenters. The summed E-state index contributed by atoms with van der Waals surface area (Å²) < 4.78 is 48.4. The summed E-state index contributed by atoms with van der Waals surface area (Å²) >= 11 is 0. The van der Waals surface area contributed by atoms with Crippen LogP contribution in [0, 0.1) is 22.7 Å². The van der Waals surface area contributed by atoms with Gasteiger partial charge in [0, 0.05) is 58.9 Å². The molecular formula is C35H40F2N2O7. The zero-order chi connectivity index (χ0) is 33.0. The van der Waals surface area contributed by atoms with Crippen LogP contribution in [0.5, 0.6) is 0 Å². The summed E-state index contributed by atoms with van der Waals surface area (Å²) in [5.41, 5.74) is 2.97. The zero-order valence-electron chi connectivity index (χ0n) is 26.1. The van der Waals surface area contributed by atoms with Gasteiger partial charge in [-0.3, -0.25) is 9.59 Å². The molecule has 1 saturated heterocycles. The Balaban J connectivity index is 1.22. The number of carbonyl (C=O) groups is 2. The Kier molecular flexibility index (Phi) is 7.09. The third-order valence-electron chi connectivity index (χ3n) is 12.1. The topological polar surface area (TPSA) is 144 Å². The van der Waals surface area contributed by atoms with Crippen LogP contribution in [0.4, 0.5) is 14.5 Å². The number of nitrogens with two attached hydrogens (primary N) is 1. The zero-order valence-corrected chi connectivity index (χ0v) is 26.1. The van der Waals surface area contributed by atoms with Crippen molar-refractivity contribution in [2.45, 2.75) is 82.1 Å². The molecule has 5 aliphatic rings. The number of halogens is 2. The molecule has 2 heterocycles. The van der Waals surface area contributed by atoms with Crippen LogP contribution >= 0.6 is 0 Å². The Morgan fingerprint density at radius 3 is 2.63 bits per heavy atom. The lowest BCUT2D eigenvalue weighted by Crippen LogP contribution is -2.70. The van der Waals surface area contributed by atoms with E-state index in [1.54, 1.807) is 13.0 Å². The van der Waals surface area contributed by atoms with Crippen LogP contribution in [0.3, 0.4) is 0 Å². The SMILES string of the molecule is Cn1cc([C@@H]2O[C@@H]3C[C@H]4[C@@H]5C[C@H](F)C6=CC(=O)C=C[C@]6(C)[C@@]5(F)[C@@H](O)C[C@]4(C)[C@]3(C(=O)CO)O2)cc1Cc1ccc(CO)c(N)c1. The Labute approximate surface area is 265 Å². The number of aliphatic hydroxyl groups is 3. The number of aliphatic hydroxyl groups excluding tert-OH is 3. The number of ketones is 2. The van der Waals surface area contributed by atoms with E-state index in [-0.39, 0.29) is 31.4 Å². The van der Waals surface area contributed by atoms with Gasteiger partial charge in [-0.2, -0.15) is 0 Å². The number of ether oxygens (including phenoxy) is 2. The van der Waals surface area contributed by atoms with Crippen LogP contribution in [0.1, 0.15) is 61.8 Å². The van der Waals surface area contributed by atoms with Crippen LogP contribution in [-0.4, -0.2) is 67.7 Å². The number of hydrogen-bond donors (Lipinski definition) is 4. The third kappa shape index (κ3) is 3.95. The van der Waals surface area contributed by atoms with Gasteiger partial charge in [-0.25, -0.2) is 8.78 Å². The second-order valence-electron chi connectivity index (χ2n) is 14.2. The molecule has 0 radical (unpaired) electrons. The Morgan fingerprint density at radius 2 is 1.93 bits per heavy atom. The first-order valence-electron chi connectivity index (χ1n) is 15.8. The molecule has 4 aliphatic carbocycles. The van der Waals surface area contributed by atoms with Gasteiger partial charge >= 0.3 is 0 Å². The Bertz CT molecular complexity index is 1690. The standard InChI is InChI=1S/C35H40F2N2O7/c1-32-7-6-22(42)11-25(32)26(36)12-24-23-13-30-35(29(44)17-41,33(23,2)14-28(43)34(24,32)37)46-31(45-30)20-10-21(39(3)15-20)8-18-4-5-19(16-40)27(38)9-18/h4-7,9-11,15,23-24,26,28,30-31,40-41,43H,8,12-14,16-17,38H2,1-3H3/t23-,24-,26-,28-,30+,31+,32-,33-,34-,35+/m0/s1. The fourth-order valence-corrected chi connectivity index (χ4v) is 9.76. The van der Waals surface area contributed by atoms with E-state index < -0.39 is 76.8 Å². The van der Waals surface area contributed by atoms with E-state index in [4.69, 9.17) is 15.2 Å². The summed E-state index contributed by atoms with van der Waals surface area (Å²) in [5, 5.41) is 31.4. The molecule has 5 N–H and O–H groups in total. The van der Waals surface area contributed by atoms with Gasteiger partial charge < -0.3 is 35.1 Å². The number of fused-ring (bicyclic) bond motifs is 7. The number of aryl methyl sites for hydroxylation is 1. The first-order valence-corrected chi connectivity index (χ1v) is 15.8. The molecule has 2 aromatic rings. The number of anilines is 1. The third-order valence-corrected chi connectivity index (χ3v) is 12.1. The van der Waals surface area contributed by atoms with E-state index in [0.29, 0.717) is 23.2 Å². The van der Waals surface area contributed by atoms with Gasteiger partial charge in [0.05, 0.1) is 18.8 Å². The summed E-state index contributed by atoms with van der Waals surface area (Å²) in [6.07, 6.45) is 0.760. The molecule has 0 bridgehead atoms. The lowest BCUT2D eigenvalue weighted by atomic mass is 9.44. The number of nitrogens with zero attached hydrogens (tertiary/aromatic N) is 1. The van der Waals surface area contributed by atoms with Crippen LogP contribution in [-0.2, 0) is 39.1 Å². The number of Topliss-reactive ketones (excluding diaryl/α,β-unsaturated/α-hetero) is 1. The van der Waals surface area contributed by atoms with Crippen LogP contribution in [0.2, 0.25) is 0 Å². The lowest BCUT2D eigenvalue weighted by molar-refractivity contribution is -0.235. The quantitative estimate of drug-likeness (QED) is 0.353. The Hall–Kier alpha value is -3.22. The molecule has 3 saturated carbocycles. The predicted octanol–water partition coefficient (Wildman–Crippen LogP) is 3.33. The van der Waals surface area contributed by atoms with Crippen molar-refractivity contribution in [2.24, 2.45) is 29.7 Å². The van der Waals surface area contributed by atoms with Crippen molar-refractivity contribution in [1.82, 2.24) is 4.57 Å². The minimum Gasteiger partial charge on any atom is -0.398 e. The van der Waals surface area contributed by atoms with Gasteiger partial charge in [-0.1, -0.05) is 25.1 Å². The average molecular weight is 639 g/mol. The van der Waals surface area contributed by atoms with Crippen LogP contribution in [0.25, 0.3) is 0 Å². The fraction of sp³-hybridized carbons (Fsp3) is 0.543. The van der Waals surface area contributed by atoms with E-state index in [0.717, 1.165) is 17.3 Å². The fourth-order valence-electron chi connectivity index (χ4n) is 9.76. The maximum absolute atomic E-state index is 17.6. The second-order valence-corrected chi connectivity index (χ2v) is 14.2. The summed E-state index contributed by atoms with van der Waals surface area (Å²) in [6.45, 7) is 2.29. The van der Waals surface area contributed by atoms with Gasteiger partial charge in [0.2, 0.25) is 0 Å². The van der Waals surface area contributed by atoms with Crippen LogP contribution in [0.15, 0.2) is 54.3 Å². The van der Waals surface area contributed by atoms with Crippen molar-refractivity contribution in [3.05, 3.63) is 76.6 Å². The maximum atomic E-state index is 17.6. The van der Waals surface area contributed by atoms with Gasteiger partial charge in [0.15, 0.2) is 29.1 Å². The normalized spacial score (nSPS) is 41.0. The molecule has 1 aliphatic heterocycles. The smallest absolute Gasteiger partial charge is 0.193 e. The number of rotatable bonds is 6. The minimum absolute atomic E-state index is 0.0280. The van der Waals surface area contributed by atoms with Gasteiger partial charge in [-0.05, 0) is 67.5 Å². The van der Waals surface area contributed by atoms with Crippen molar-refractivity contribution in [2.75, 3.05) is 12.3 Å². The summed E-state index contributed by atoms with van der Waals surface area (Å²) in [7, 11) is 1.87. The second kappa shape index (κ2) is 10.4. The highest BCUT2D eigenvalue weighted by Gasteiger charge is 2.80. The maximum Gasteiger partial charge on any atom is 0.193 e. The van der Waals surface area contributed by atoms with E-state index in [9.17, 15) is 24.9 Å². The molecule has 0 amide bonds. The number of hydrogen-bond acceptors (Lipinski definition) is 8. The summed E-state index contributed by atoms with van der Waals surface area (Å²) in [6, 6.07) is 7.39. The van der Waals surface area contributed by atoms with E-state index in [1.165, 1.54) is 19.1 Å². The molecule has 7 rings (SSSR count). The van der Waals surface area contributed by atoms with E-state index in [2.05, 4.69) is 0 Å². The van der Waals surface area contributed by atoms with E-state index in [1.807, 2.05) is 36.0 Å². The number of carbonyl (C=O) groups excluding carboxylic acids is 2. The molecule has 0 unspecified atom stereocenters. The van der Waals surface area contributed by atoms with Crippen molar-refractivity contribution in [3.8, 4) is 0 Å². The van der Waals surface area contributed by atoms with Crippen molar-refractivity contribution < 1.29 is 43.2 Å². The van der Waals surface area contributed by atoms with E-state index >= 15 is 8.78 Å². The van der Waals surface area contributed by atoms with Crippen molar-refractivity contribution in [1.29, 1.82) is 0 Å².